The van der Waals surface area contributed by atoms with Gasteiger partial charge in [0.15, 0.2) is 0 Å². The number of amides is 1. The molecule has 98 valence electrons. The van der Waals surface area contributed by atoms with Crippen LogP contribution in [0, 0.1) is 0 Å². The predicted molar refractivity (Wildman–Crippen MR) is 58.0 cm³/mol. The minimum Gasteiger partial charge on any atom is -0.508 e. The lowest BCUT2D eigenvalue weighted by molar-refractivity contribution is -0.170. The van der Waals surface area contributed by atoms with Crippen molar-refractivity contribution in [2.75, 3.05) is 0 Å². The van der Waals surface area contributed by atoms with Crippen LogP contribution in [0.5, 0.6) is 5.75 Å². The smallest absolute Gasteiger partial charge is 0.411 e. The summed E-state index contributed by atoms with van der Waals surface area (Å²) in [7, 11) is 0. The van der Waals surface area contributed by atoms with E-state index in [9.17, 15) is 23.1 Å². The molecule has 1 fully saturated rings. The average molecular weight is 259 g/mol. The number of phenolic OH excluding ortho intramolecular Hbond substituents is 1. The summed E-state index contributed by atoms with van der Waals surface area (Å²) < 4.78 is 37.8. The third-order valence-corrected chi connectivity index (χ3v) is 2.95. The Morgan fingerprint density at radius 2 is 2.06 bits per heavy atom. The molecule has 0 heterocycles. The second-order valence-corrected chi connectivity index (χ2v) is 4.47. The molecule has 1 aliphatic carbocycles. The van der Waals surface area contributed by atoms with Crippen LogP contribution >= 0.6 is 0 Å². The average Bonchev–Trinajstić information content (AvgIpc) is 2.97. The first-order valence-electron chi connectivity index (χ1n) is 5.48. The second kappa shape index (κ2) is 4.19. The Morgan fingerprint density at radius 1 is 1.39 bits per heavy atom. The Labute approximate surface area is 102 Å². The molecule has 1 aliphatic rings. The van der Waals surface area contributed by atoms with Gasteiger partial charge in [-0.05, 0) is 30.5 Å². The molecular formula is C12H12F3NO2. The van der Waals surface area contributed by atoms with E-state index in [0.29, 0.717) is 5.56 Å². The first-order chi connectivity index (χ1) is 8.32. The van der Waals surface area contributed by atoms with E-state index in [2.05, 4.69) is 0 Å². The molecule has 1 saturated carbocycles. The first kappa shape index (κ1) is 12.7. The zero-order chi connectivity index (χ0) is 13.4. The summed E-state index contributed by atoms with van der Waals surface area (Å²) in [6, 6.07) is 5.90. The number of halogens is 3. The summed E-state index contributed by atoms with van der Waals surface area (Å²) >= 11 is 0. The van der Waals surface area contributed by atoms with Crippen LogP contribution in [0.15, 0.2) is 24.3 Å². The number of rotatable bonds is 3. The van der Waals surface area contributed by atoms with Gasteiger partial charge in [-0.2, -0.15) is 13.2 Å². The molecule has 1 aromatic rings. The van der Waals surface area contributed by atoms with Crippen LogP contribution in [0.25, 0.3) is 0 Å². The van der Waals surface area contributed by atoms with Crippen molar-refractivity contribution < 1.29 is 23.1 Å². The van der Waals surface area contributed by atoms with Gasteiger partial charge in [0.1, 0.15) is 11.3 Å². The Balaban J connectivity index is 1.98. The molecule has 1 amide bonds. The van der Waals surface area contributed by atoms with Gasteiger partial charge >= 0.3 is 6.18 Å². The van der Waals surface area contributed by atoms with Crippen molar-refractivity contribution in [3.8, 4) is 5.75 Å². The number of benzene rings is 1. The zero-order valence-corrected chi connectivity index (χ0v) is 9.42. The first-order valence-corrected chi connectivity index (χ1v) is 5.48. The molecule has 18 heavy (non-hydrogen) atoms. The molecule has 2 N–H and O–H groups in total. The highest BCUT2D eigenvalue weighted by Gasteiger charge is 2.64. The lowest BCUT2D eigenvalue weighted by atomic mass is 10.1. The number of hydrogen-bond donors (Lipinski definition) is 2. The van der Waals surface area contributed by atoms with Crippen molar-refractivity contribution in [2.45, 2.75) is 31.0 Å². The third-order valence-electron chi connectivity index (χ3n) is 2.95. The van der Waals surface area contributed by atoms with Crippen LogP contribution in [0.1, 0.15) is 18.4 Å². The summed E-state index contributed by atoms with van der Waals surface area (Å²) in [5.74, 6) is -0.701. The fourth-order valence-corrected chi connectivity index (χ4v) is 1.77. The second-order valence-electron chi connectivity index (χ2n) is 4.47. The maximum Gasteiger partial charge on any atom is 0.411 e. The number of phenols is 1. The lowest BCUT2D eigenvalue weighted by Crippen LogP contribution is -2.48. The van der Waals surface area contributed by atoms with E-state index < -0.39 is 17.6 Å². The SMILES string of the molecule is O=C(Cc1cccc(O)c1)NC1(C(F)(F)F)CC1. The summed E-state index contributed by atoms with van der Waals surface area (Å²) in [6.45, 7) is 0. The summed E-state index contributed by atoms with van der Waals surface area (Å²) in [5, 5.41) is 11.2. The van der Waals surface area contributed by atoms with Crippen molar-refractivity contribution >= 4 is 5.91 Å². The van der Waals surface area contributed by atoms with Crippen LogP contribution < -0.4 is 5.32 Å². The van der Waals surface area contributed by atoms with Gasteiger partial charge in [0, 0.05) is 0 Å². The van der Waals surface area contributed by atoms with Crippen molar-refractivity contribution in [3.05, 3.63) is 29.8 Å². The van der Waals surface area contributed by atoms with Gasteiger partial charge in [-0.15, -0.1) is 0 Å². The number of carbonyl (C=O) groups is 1. The molecule has 0 atom stereocenters. The summed E-state index contributed by atoms with van der Waals surface area (Å²) in [4.78, 5) is 11.5. The number of hydrogen-bond acceptors (Lipinski definition) is 2. The van der Waals surface area contributed by atoms with Crippen LogP contribution in [-0.4, -0.2) is 22.7 Å². The van der Waals surface area contributed by atoms with E-state index in [4.69, 9.17) is 0 Å². The van der Waals surface area contributed by atoms with Crippen molar-refractivity contribution in [2.24, 2.45) is 0 Å². The number of aromatic hydroxyl groups is 1. The molecular weight excluding hydrogens is 247 g/mol. The van der Waals surface area contributed by atoms with E-state index in [1.807, 2.05) is 5.32 Å². The molecule has 3 nitrogen and oxygen atoms in total. The molecule has 0 spiro atoms. The molecule has 0 aliphatic heterocycles. The highest BCUT2D eigenvalue weighted by atomic mass is 19.4. The van der Waals surface area contributed by atoms with Gasteiger partial charge in [0.2, 0.25) is 5.91 Å². The van der Waals surface area contributed by atoms with Gasteiger partial charge in [0.25, 0.3) is 0 Å². The number of carbonyl (C=O) groups excluding carboxylic acids is 1. The monoisotopic (exact) mass is 259 g/mol. The largest absolute Gasteiger partial charge is 0.508 e. The fourth-order valence-electron chi connectivity index (χ4n) is 1.77. The quantitative estimate of drug-likeness (QED) is 0.873. The van der Waals surface area contributed by atoms with Gasteiger partial charge in [-0.1, -0.05) is 12.1 Å². The van der Waals surface area contributed by atoms with Crippen LogP contribution in [0.2, 0.25) is 0 Å². The fraction of sp³-hybridized carbons (Fsp3) is 0.417. The number of nitrogens with one attached hydrogen (secondary N) is 1. The highest BCUT2D eigenvalue weighted by Crippen LogP contribution is 2.48. The van der Waals surface area contributed by atoms with E-state index in [1.165, 1.54) is 18.2 Å². The van der Waals surface area contributed by atoms with Crippen molar-refractivity contribution in [3.63, 3.8) is 0 Å². The van der Waals surface area contributed by atoms with Gasteiger partial charge in [-0.3, -0.25) is 4.79 Å². The molecule has 0 unspecified atom stereocenters. The van der Waals surface area contributed by atoms with Gasteiger partial charge in [-0.25, -0.2) is 0 Å². The van der Waals surface area contributed by atoms with Crippen molar-refractivity contribution in [1.29, 1.82) is 0 Å². The maximum atomic E-state index is 12.6. The summed E-state index contributed by atoms with van der Waals surface area (Å²) in [5.41, 5.74) is -1.55. The molecule has 0 bridgehead atoms. The molecule has 6 heteroatoms. The minimum atomic E-state index is -4.40. The zero-order valence-electron chi connectivity index (χ0n) is 9.42. The minimum absolute atomic E-state index is 0.0164. The highest BCUT2D eigenvalue weighted by molar-refractivity contribution is 5.80. The number of alkyl halides is 3. The molecule has 1 aromatic carbocycles. The van der Waals surface area contributed by atoms with E-state index >= 15 is 0 Å². The van der Waals surface area contributed by atoms with E-state index in [0.717, 1.165) is 0 Å². The molecule has 0 aromatic heterocycles. The van der Waals surface area contributed by atoms with Gasteiger partial charge in [0.05, 0.1) is 6.42 Å². The maximum absolute atomic E-state index is 12.6. The topological polar surface area (TPSA) is 49.3 Å². The summed E-state index contributed by atoms with van der Waals surface area (Å²) in [6.07, 6.45) is -4.71. The van der Waals surface area contributed by atoms with E-state index in [1.54, 1.807) is 6.07 Å². The third kappa shape index (κ3) is 2.57. The normalized spacial score (nSPS) is 17.3. The van der Waals surface area contributed by atoms with E-state index in [-0.39, 0.29) is 25.0 Å². The Hall–Kier alpha value is -1.72. The van der Waals surface area contributed by atoms with Crippen LogP contribution in [-0.2, 0) is 11.2 Å². The molecule has 0 radical (unpaired) electrons. The lowest BCUT2D eigenvalue weighted by Gasteiger charge is -2.20. The van der Waals surface area contributed by atoms with Crippen LogP contribution in [0.3, 0.4) is 0 Å². The Kier molecular flexibility index (Phi) is 2.96. The predicted octanol–water partition coefficient (Wildman–Crippen LogP) is 2.15. The molecule has 0 saturated heterocycles. The standard InChI is InChI=1S/C12H12F3NO2/c13-12(14,15)11(4-5-11)16-10(18)7-8-2-1-3-9(17)6-8/h1-3,6,17H,4-5,7H2,(H,16,18). The Bertz CT molecular complexity index is 467. The van der Waals surface area contributed by atoms with Crippen molar-refractivity contribution in [1.82, 2.24) is 5.32 Å². The Morgan fingerprint density at radius 3 is 2.56 bits per heavy atom. The van der Waals surface area contributed by atoms with Crippen LogP contribution in [0.4, 0.5) is 13.2 Å². The van der Waals surface area contributed by atoms with Gasteiger partial charge < -0.3 is 10.4 Å². The molecule has 2 rings (SSSR count).